The third-order valence-corrected chi connectivity index (χ3v) is 4.01. The Bertz CT molecular complexity index is 465. The molecule has 1 fully saturated rings. The Labute approximate surface area is 123 Å². The lowest BCUT2D eigenvalue weighted by Gasteiger charge is -2.33. The van der Waals surface area contributed by atoms with Crippen LogP contribution in [0.15, 0.2) is 18.2 Å². The SMILES string of the molecule is CC(=O)ON1CCCCC1Cc1ccc(Cl)c(Cl)c1. The van der Waals surface area contributed by atoms with Crippen LogP contribution in [0.1, 0.15) is 31.7 Å². The lowest BCUT2D eigenvalue weighted by molar-refractivity contribution is -0.205. The van der Waals surface area contributed by atoms with Gasteiger partial charge in [0.15, 0.2) is 0 Å². The molecule has 3 nitrogen and oxygen atoms in total. The number of carbonyl (C=O) groups is 1. The largest absolute Gasteiger partial charge is 0.368 e. The van der Waals surface area contributed by atoms with Crippen LogP contribution in [-0.2, 0) is 16.1 Å². The predicted molar refractivity (Wildman–Crippen MR) is 76.3 cm³/mol. The Morgan fingerprint density at radius 2 is 2.16 bits per heavy atom. The third-order valence-electron chi connectivity index (χ3n) is 3.27. The van der Waals surface area contributed by atoms with Gasteiger partial charge in [-0.2, -0.15) is 0 Å². The molecule has 1 aliphatic rings. The lowest BCUT2D eigenvalue weighted by Crippen LogP contribution is -2.41. The van der Waals surface area contributed by atoms with Crippen LogP contribution in [0.2, 0.25) is 10.0 Å². The quantitative estimate of drug-likeness (QED) is 0.849. The molecule has 1 heterocycles. The summed E-state index contributed by atoms with van der Waals surface area (Å²) in [5.74, 6) is -0.263. The van der Waals surface area contributed by atoms with E-state index in [-0.39, 0.29) is 12.0 Å². The fraction of sp³-hybridized carbons (Fsp3) is 0.500. The van der Waals surface area contributed by atoms with Gasteiger partial charge in [0.25, 0.3) is 0 Å². The van der Waals surface area contributed by atoms with Crippen molar-refractivity contribution in [2.45, 2.75) is 38.6 Å². The number of nitrogens with zero attached hydrogens (tertiary/aromatic N) is 1. The van der Waals surface area contributed by atoms with Gasteiger partial charge in [-0.05, 0) is 37.0 Å². The number of rotatable bonds is 3. The Balaban J connectivity index is 2.06. The van der Waals surface area contributed by atoms with Crippen molar-refractivity contribution in [3.05, 3.63) is 33.8 Å². The monoisotopic (exact) mass is 301 g/mol. The van der Waals surface area contributed by atoms with Crippen molar-refractivity contribution in [2.75, 3.05) is 6.54 Å². The van der Waals surface area contributed by atoms with Crippen molar-refractivity contribution < 1.29 is 9.63 Å². The summed E-state index contributed by atoms with van der Waals surface area (Å²) in [6, 6.07) is 5.87. The summed E-state index contributed by atoms with van der Waals surface area (Å²) in [6.45, 7) is 2.23. The number of piperidine rings is 1. The van der Waals surface area contributed by atoms with Gasteiger partial charge in [0.05, 0.1) is 16.1 Å². The van der Waals surface area contributed by atoms with E-state index in [1.807, 2.05) is 12.1 Å². The molecule has 0 radical (unpaired) electrons. The minimum absolute atomic E-state index is 0.217. The van der Waals surface area contributed by atoms with E-state index in [9.17, 15) is 4.79 Å². The first-order valence-electron chi connectivity index (χ1n) is 6.45. The summed E-state index contributed by atoms with van der Waals surface area (Å²) < 4.78 is 0. The number of hydrogen-bond donors (Lipinski definition) is 0. The van der Waals surface area contributed by atoms with E-state index < -0.39 is 0 Å². The minimum Gasteiger partial charge on any atom is -0.368 e. The average Bonchev–Trinajstić information content (AvgIpc) is 2.36. The number of hydroxylamine groups is 2. The molecule has 0 N–H and O–H groups in total. The number of benzene rings is 1. The summed E-state index contributed by atoms with van der Waals surface area (Å²) in [6.07, 6.45) is 4.05. The molecule has 0 bridgehead atoms. The van der Waals surface area contributed by atoms with E-state index in [0.29, 0.717) is 10.0 Å². The van der Waals surface area contributed by atoms with Gasteiger partial charge in [0, 0.05) is 13.5 Å². The van der Waals surface area contributed by atoms with Gasteiger partial charge in [-0.3, -0.25) is 4.79 Å². The summed E-state index contributed by atoms with van der Waals surface area (Å²) in [5.41, 5.74) is 1.11. The van der Waals surface area contributed by atoms with Crippen molar-refractivity contribution in [2.24, 2.45) is 0 Å². The second kappa shape index (κ2) is 6.60. The van der Waals surface area contributed by atoms with Gasteiger partial charge >= 0.3 is 5.97 Å². The zero-order valence-electron chi connectivity index (χ0n) is 10.9. The minimum atomic E-state index is -0.263. The second-order valence-electron chi connectivity index (χ2n) is 4.83. The summed E-state index contributed by atoms with van der Waals surface area (Å²) >= 11 is 11.9. The highest BCUT2D eigenvalue weighted by atomic mass is 35.5. The first-order valence-corrected chi connectivity index (χ1v) is 7.21. The molecule has 1 atom stereocenters. The van der Waals surface area contributed by atoms with Crippen LogP contribution in [0.3, 0.4) is 0 Å². The van der Waals surface area contributed by atoms with E-state index in [0.717, 1.165) is 37.8 Å². The fourth-order valence-corrected chi connectivity index (χ4v) is 2.72. The van der Waals surface area contributed by atoms with Crippen molar-refractivity contribution in [1.82, 2.24) is 5.06 Å². The second-order valence-corrected chi connectivity index (χ2v) is 5.64. The van der Waals surface area contributed by atoms with Gasteiger partial charge in [-0.25, -0.2) is 0 Å². The average molecular weight is 302 g/mol. The van der Waals surface area contributed by atoms with Crippen molar-refractivity contribution in [3.8, 4) is 0 Å². The van der Waals surface area contributed by atoms with E-state index in [4.69, 9.17) is 28.0 Å². The zero-order chi connectivity index (χ0) is 13.8. The Kier molecular flexibility index (Phi) is 5.08. The first-order chi connectivity index (χ1) is 9.06. The third kappa shape index (κ3) is 4.10. The van der Waals surface area contributed by atoms with E-state index in [1.165, 1.54) is 6.92 Å². The first kappa shape index (κ1) is 14.6. The molecule has 0 aliphatic carbocycles. The van der Waals surface area contributed by atoms with E-state index in [2.05, 4.69) is 0 Å². The molecule has 1 aromatic carbocycles. The maximum Gasteiger partial charge on any atom is 0.322 e. The standard InChI is InChI=1S/C14H17Cl2NO2/c1-10(18)19-17-7-3-2-4-12(17)8-11-5-6-13(15)14(16)9-11/h5-6,9,12H,2-4,7-8H2,1H3. The highest BCUT2D eigenvalue weighted by Gasteiger charge is 2.25. The van der Waals surface area contributed by atoms with Crippen molar-refractivity contribution in [3.63, 3.8) is 0 Å². The van der Waals surface area contributed by atoms with Crippen LogP contribution in [0.4, 0.5) is 0 Å². The normalized spacial score (nSPS) is 20.3. The maximum atomic E-state index is 11.1. The van der Waals surface area contributed by atoms with Gasteiger partial charge in [-0.15, -0.1) is 5.06 Å². The van der Waals surface area contributed by atoms with Crippen LogP contribution in [0, 0.1) is 0 Å². The maximum absolute atomic E-state index is 11.1. The highest BCUT2D eigenvalue weighted by Crippen LogP contribution is 2.26. The Morgan fingerprint density at radius 3 is 2.84 bits per heavy atom. The van der Waals surface area contributed by atoms with Gasteiger partial charge in [-0.1, -0.05) is 35.7 Å². The number of carbonyl (C=O) groups excluding carboxylic acids is 1. The predicted octanol–water partition coefficient (Wildman–Crippen LogP) is 3.87. The Morgan fingerprint density at radius 1 is 1.37 bits per heavy atom. The summed E-state index contributed by atoms with van der Waals surface area (Å²) in [5, 5.41) is 2.92. The number of hydrogen-bond acceptors (Lipinski definition) is 3. The highest BCUT2D eigenvalue weighted by molar-refractivity contribution is 6.42. The smallest absolute Gasteiger partial charge is 0.322 e. The van der Waals surface area contributed by atoms with Crippen LogP contribution in [0.25, 0.3) is 0 Å². The molecule has 0 saturated carbocycles. The zero-order valence-corrected chi connectivity index (χ0v) is 12.4. The van der Waals surface area contributed by atoms with Crippen LogP contribution >= 0.6 is 23.2 Å². The molecule has 104 valence electrons. The van der Waals surface area contributed by atoms with Gasteiger partial charge in [0.1, 0.15) is 0 Å². The molecule has 0 aromatic heterocycles. The molecule has 1 aliphatic heterocycles. The van der Waals surface area contributed by atoms with Crippen LogP contribution < -0.4 is 0 Å². The van der Waals surface area contributed by atoms with Crippen molar-refractivity contribution in [1.29, 1.82) is 0 Å². The molecule has 2 rings (SSSR count). The van der Waals surface area contributed by atoms with Crippen LogP contribution in [0.5, 0.6) is 0 Å². The Hall–Kier alpha value is -0.770. The van der Waals surface area contributed by atoms with Gasteiger partial charge < -0.3 is 4.84 Å². The molecule has 0 amide bonds. The molecule has 1 aromatic rings. The summed E-state index contributed by atoms with van der Waals surface area (Å²) in [4.78, 5) is 16.4. The van der Waals surface area contributed by atoms with Gasteiger partial charge in [0.2, 0.25) is 0 Å². The van der Waals surface area contributed by atoms with E-state index >= 15 is 0 Å². The van der Waals surface area contributed by atoms with E-state index in [1.54, 1.807) is 11.1 Å². The molecule has 1 saturated heterocycles. The van der Waals surface area contributed by atoms with Crippen LogP contribution in [-0.4, -0.2) is 23.6 Å². The number of halogens is 2. The summed E-state index contributed by atoms with van der Waals surface area (Å²) in [7, 11) is 0. The lowest BCUT2D eigenvalue weighted by atomic mass is 9.97. The topological polar surface area (TPSA) is 29.5 Å². The molecule has 1 unspecified atom stereocenters. The molecular weight excluding hydrogens is 285 g/mol. The molecule has 5 heteroatoms. The fourth-order valence-electron chi connectivity index (χ4n) is 2.40. The van der Waals surface area contributed by atoms with Crippen molar-refractivity contribution >= 4 is 29.2 Å². The molecular formula is C14H17Cl2NO2. The molecule has 19 heavy (non-hydrogen) atoms. The molecule has 0 spiro atoms.